The lowest BCUT2D eigenvalue weighted by Crippen LogP contribution is -2.61. The standard InChI is InChI=1S/C13H24N3O18P3/c17-3-5-8(11(34-37(26,27)28)12(29-5)16-2-1-14-15-16)31-13-7(19)10(33-36(23,24)25)9(6(4-18)30-13)32-35(20,21)22/h1-2,5-13,17-19H,3-4H2,(H2,20,21,22)(H2,23,24,25)(H2,26,27,28)/t5-,6-,7-,8-,9-,10-,11-,12-,13-/m1/s1. The first kappa shape index (κ1) is 30.8. The largest absolute Gasteiger partial charge is 0.470 e. The molecule has 0 saturated carbocycles. The number of rotatable bonds is 11. The van der Waals surface area contributed by atoms with E-state index in [4.69, 9.17) is 28.5 Å². The Morgan fingerprint density at radius 3 is 1.78 bits per heavy atom. The second-order valence-electron chi connectivity index (χ2n) is 7.63. The van der Waals surface area contributed by atoms with Gasteiger partial charge in [0.25, 0.3) is 0 Å². The van der Waals surface area contributed by atoms with Gasteiger partial charge in [-0.05, 0) is 0 Å². The van der Waals surface area contributed by atoms with Crippen molar-refractivity contribution in [2.24, 2.45) is 0 Å². The number of ether oxygens (including phenoxy) is 3. The van der Waals surface area contributed by atoms with Gasteiger partial charge in [-0.3, -0.25) is 13.6 Å². The summed E-state index contributed by atoms with van der Waals surface area (Å²) >= 11 is 0. The fourth-order valence-electron chi connectivity index (χ4n) is 3.73. The lowest BCUT2D eigenvalue weighted by molar-refractivity contribution is -0.313. The minimum Gasteiger partial charge on any atom is -0.394 e. The number of hydrogen-bond donors (Lipinski definition) is 9. The molecule has 1 aromatic rings. The number of aliphatic hydroxyl groups is 3. The molecule has 3 heterocycles. The Balaban J connectivity index is 1.94. The van der Waals surface area contributed by atoms with Gasteiger partial charge in [-0.2, -0.15) is 0 Å². The molecule has 9 N–H and O–H groups in total. The molecule has 0 amide bonds. The first-order chi connectivity index (χ1) is 17.0. The Kier molecular flexibility index (Phi) is 9.78. The molecule has 214 valence electrons. The van der Waals surface area contributed by atoms with Crippen molar-refractivity contribution < 1.29 is 86.2 Å². The molecule has 21 nitrogen and oxygen atoms in total. The van der Waals surface area contributed by atoms with Crippen molar-refractivity contribution in [2.45, 2.75) is 55.2 Å². The lowest BCUT2D eigenvalue weighted by atomic mass is 9.99. The molecule has 37 heavy (non-hydrogen) atoms. The molecule has 0 bridgehead atoms. The van der Waals surface area contributed by atoms with E-state index in [9.17, 15) is 48.6 Å². The van der Waals surface area contributed by atoms with Crippen LogP contribution in [-0.4, -0.2) is 122 Å². The van der Waals surface area contributed by atoms with E-state index in [1.807, 2.05) is 0 Å². The summed E-state index contributed by atoms with van der Waals surface area (Å²) in [5, 5.41) is 37.3. The summed E-state index contributed by atoms with van der Waals surface area (Å²) in [6, 6.07) is 0. The molecule has 2 aliphatic rings. The van der Waals surface area contributed by atoms with Crippen molar-refractivity contribution in [3.05, 3.63) is 12.4 Å². The van der Waals surface area contributed by atoms with E-state index in [0.29, 0.717) is 0 Å². The minimum atomic E-state index is -5.47. The molecule has 0 unspecified atom stereocenters. The van der Waals surface area contributed by atoms with Crippen molar-refractivity contribution in [3.8, 4) is 0 Å². The SMILES string of the molecule is O=P(O)(O)O[C@@H]1[C@@H](O)[C@@H](O[C@H]2[C@@H](OP(=O)(O)O)[C@H](n3ccnn3)O[C@@H]2CO)O[C@H](CO)[C@H]1OP(=O)(O)O. The maximum absolute atomic E-state index is 11.6. The highest BCUT2D eigenvalue weighted by molar-refractivity contribution is 7.46. The average molecular weight is 603 g/mol. The summed E-state index contributed by atoms with van der Waals surface area (Å²) in [5.41, 5.74) is 0. The predicted octanol–water partition coefficient (Wildman–Crippen LogP) is -3.94. The van der Waals surface area contributed by atoms with E-state index in [1.54, 1.807) is 0 Å². The van der Waals surface area contributed by atoms with Crippen molar-refractivity contribution in [1.29, 1.82) is 0 Å². The number of phosphoric ester groups is 3. The van der Waals surface area contributed by atoms with Crippen molar-refractivity contribution in [2.75, 3.05) is 13.2 Å². The van der Waals surface area contributed by atoms with Gasteiger partial charge in [0, 0.05) is 6.20 Å². The summed E-state index contributed by atoms with van der Waals surface area (Å²) in [4.78, 5) is 55.5. The van der Waals surface area contributed by atoms with E-state index in [0.717, 1.165) is 4.68 Å². The van der Waals surface area contributed by atoms with Gasteiger partial charge in [-0.15, -0.1) is 5.10 Å². The molecule has 2 saturated heterocycles. The van der Waals surface area contributed by atoms with Crippen molar-refractivity contribution in [3.63, 3.8) is 0 Å². The second-order valence-corrected chi connectivity index (χ2v) is 11.2. The Morgan fingerprint density at radius 1 is 0.784 bits per heavy atom. The zero-order valence-electron chi connectivity index (χ0n) is 18.1. The van der Waals surface area contributed by atoms with E-state index in [-0.39, 0.29) is 0 Å². The third kappa shape index (κ3) is 8.12. The fourth-order valence-corrected chi connectivity index (χ4v) is 5.40. The van der Waals surface area contributed by atoms with E-state index in [1.165, 1.54) is 12.4 Å². The monoisotopic (exact) mass is 603 g/mol. The highest BCUT2D eigenvalue weighted by Crippen LogP contribution is 2.48. The van der Waals surface area contributed by atoms with Gasteiger partial charge >= 0.3 is 23.5 Å². The molecule has 3 rings (SSSR count). The minimum absolute atomic E-state index is 0.852. The van der Waals surface area contributed by atoms with Crippen molar-refractivity contribution in [1.82, 2.24) is 15.0 Å². The van der Waals surface area contributed by atoms with Crippen LogP contribution in [0.5, 0.6) is 0 Å². The van der Waals surface area contributed by atoms with E-state index < -0.39 is 91.9 Å². The highest BCUT2D eigenvalue weighted by Gasteiger charge is 2.56. The van der Waals surface area contributed by atoms with Gasteiger partial charge in [-0.1, -0.05) is 5.21 Å². The molecule has 0 aliphatic carbocycles. The van der Waals surface area contributed by atoms with Gasteiger partial charge in [0.1, 0.15) is 42.7 Å². The summed E-state index contributed by atoms with van der Waals surface area (Å²) in [6.45, 7) is -1.96. The predicted molar refractivity (Wildman–Crippen MR) is 108 cm³/mol. The molecule has 0 aromatic carbocycles. The fraction of sp³-hybridized carbons (Fsp3) is 0.846. The third-order valence-corrected chi connectivity index (χ3v) is 6.58. The third-order valence-electron chi connectivity index (χ3n) is 5.03. The maximum atomic E-state index is 11.6. The molecule has 0 radical (unpaired) electrons. The maximum Gasteiger partial charge on any atom is 0.470 e. The molecular weight excluding hydrogens is 579 g/mol. The molecular formula is C13H24N3O18P3. The van der Waals surface area contributed by atoms with Gasteiger partial charge in [0.2, 0.25) is 0 Å². The Morgan fingerprint density at radius 2 is 1.30 bits per heavy atom. The first-order valence-corrected chi connectivity index (χ1v) is 14.6. The molecule has 9 atom stereocenters. The van der Waals surface area contributed by atoms with Crippen LogP contribution in [0.3, 0.4) is 0 Å². The smallest absolute Gasteiger partial charge is 0.394 e. The van der Waals surface area contributed by atoms with Crippen LogP contribution in [0.4, 0.5) is 0 Å². The molecule has 24 heteroatoms. The van der Waals surface area contributed by atoms with Crippen LogP contribution in [-0.2, 0) is 41.5 Å². The zero-order valence-corrected chi connectivity index (χ0v) is 20.8. The topological polar surface area (TPSA) is 319 Å². The van der Waals surface area contributed by atoms with Crippen LogP contribution in [0.1, 0.15) is 6.23 Å². The van der Waals surface area contributed by atoms with Crippen LogP contribution in [0.25, 0.3) is 0 Å². The zero-order chi connectivity index (χ0) is 27.8. The van der Waals surface area contributed by atoms with Gasteiger partial charge in [0.05, 0.1) is 19.4 Å². The molecule has 1 aromatic heterocycles. The van der Waals surface area contributed by atoms with E-state index >= 15 is 0 Å². The summed E-state index contributed by atoms with van der Waals surface area (Å²) in [7, 11) is -16.1. The lowest BCUT2D eigenvalue weighted by Gasteiger charge is -2.44. The first-order valence-electron chi connectivity index (χ1n) is 9.97. The molecule has 2 aliphatic heterocycles. The van der Waals surface area contributed by atoms with Gasteiger partial charge in [0.15, 0.2) is 12.5 Å². The van der Waals surface area contributed by atoms with Crippen LogP contribution in [0.15, 0.2) is 12.4 Å². The van der Waals surface area contributed by atoms with Crippen LogP contribution < -0.4 is 0 Å². The number of hydrogen-bond acceptors (Lipinski definition) is 14. The van der Waals surface area contributed by atoms with Crippen molar-refractivity contribution >= 4 is 23.5 Å². The van der Waals surface area contributed by atoms with E-state index in [2.05, 4.69) is 19.4 Å². The van der Waals surface area contributed by atoms with Gasteiger partial charge in [-0.25, -0.2) is 18.4 Å². The van der Waals surface area contributed by atoms with Crippen LogP contribution in [0.2, 0.25) is 0 Å². The highest BCUT2D eigenvalue weighted by atomic mass is 31.2. The Hall–Kier alpha value is -0.770. The quantitative estimate of drug-likeness (QED) is 0.109. The average Bonchev–Trinajstić information content (AvgIpc) is 3.38. The van der Waals surface area contributed by atoms with Gasteiger partial charge < -0.3 is 58.9 Å². The van der Waals surface area contributed by atoms with Crippen LogP contribution >= 0.6 is 23.5 Å². The summed E-state index contributed by atoms with van der Waals surface area (Å²) < 4.78 is 65.3. The summed E-state index contributed by atoms with van der Waals surface area (Å²) in [5.74, 6) is 0. The Bertz CT molecular complexity index is 1030. The molecule has 0 spiro atoms. The number of nitrogens with zero attached hydrogens (tertiary/aromatic N) is 3. The number of aliphatic hydroxyl groups excluding tert-OH is 3. The second kappa shape index (κ2) is 11.8. The normalized spacial score (nSPS) is 35.6. The number of aromatic nitrogens is 3. The number of phosphoric acid groups is 3. The summed E-state index contributed by atoms with van der Waals surface area (Å²) in [6.07, 6.45) is -14.6. The van der Waals surface area contributed by atoms with Crippen LogP contribution in [0, 0.1) is 0 Å². The molecule has 2 fully saturated rings. The Labute approximate surface area is 206 Å².